The van der Waals surface area contributed by atoms with Crippen molar-refractivity contribution in [2.75, 3.05) is 25.4 Å². The summed E-state index contributed by atoms with van der Waals surface area (Å²) >= 11 is 0. The molecule has 0 bridgehead atoms. The van der Waals surface area contributed by atoms with E-state index in [0.717, 1.165) is 11.1 Å². The number of ether oxygens (including phenoxy) is 1. The molecule has 3 rings (SSSR count). The van der Waals surface area contributed by atoms with Gasteiger partial charge in [0.05, 0.1) is 5.57 Å². The molecule has 2 heterocycles. The zero-order valence-corrected chi connectivity index (χ0v) is 16.1. The molecular formula is C21H24FN3O4. The lowest BCUT2D eigenvalue weighted by molar-refractivity contribution is -0.152. The molecular weight excluding hydrogens is 377 g/mol. The van der Waals surface area contributed by atoms with Crippen LogP contribution < -0.4 is 16.8 Å². The van der Waals surface area contributed by atoms with Gasteiger partial charge in [-0.3, -0.25) is 4.79 Å². The van der Waals surface area contributed by atoms with E-state index in [2.05, 4.69) is 5.32 Å². The Hall–Kier alpha value is -2.97. The summed E-state index contributed by atoms with van der Waals surface area (Å²) in [6, 6.07) is 2.93. The first-order valence-corrected chi connectivity index (χ1v) is 9.33. The van der Waals surface area contributed by atoms with E-state index in [9.17, 15) is 19.1 Å². The Kier molecular flexibility index (Phi) is 6.14. The lowest BCUT2D eigenvalue weighted by Crippen LogP contribution is -2.38. The van der Waals surface area contributed by atoms with Gasteiger partial charge in [-0.15, -0.1) is 0 Å². The van der Waals surface area contributed by atoms with Crippen molar-refractivity contribution in [3.05, 3.63) is 57.9 Å². The maximum atomic E-state index is 13.8. The molecule has 2 aliphatic heterocycles. The fourth-order valence-electron chi connectivity index (χ4n) is 3.50. The maximum Gasteiger partial charge on any atom is 0.340 e. The van der Waals surface area contributed by atoms with Crippen LogP contribution in [0, 0.1) is 12.7 Å². The van der Waals surface area contributed by atoms with Gasteiger partial charge in [0.1, 0.15) is 12.4 Å². The van der Waals surface area contributed by atoms with E-state index in [1.54, 1.807) is 25.1 Å². The van der Waals surface area contributed by atoms with Crippen LogP contribution >= 0.6 is 0 Å². The van der Waals surface area contributed by atoms with E-state index in [0.29, 0.717) is 24.0 Å². The number of carbonyl (C=O) groups is 2. The minimum atomic E-state index is -1.48. The lowest BCUT2D eigenvalue weighted by atomic mass is 9.92. The Morgan fingerprint density at radius 1 is 1.38 bits per heavy atom. The Balaban J connectivity index is 1.97. The van der Waals surface area contributed by atoms with Crippen molar-refractivity contribution in [3.63, 3.8) is 0 Å². The topological polar surface area (TPSA) is 128 Å². The molecule has 1 unspecified atom stereocenters. The van der Waals surface area contributed by atoms with Crippen molar-refractivity contribution >= 4 is 23.1 Å². The van der Waals surface area contributed by atoms with Crippen LogP contribution in [0.25, 0.3) is 5.57 Å². The first kappa shape index (κ1) is 20.8. The predicted octanol–water partition coefficient (Wildman–Crippen LogP) is 1.11. The number of aryl methyl sites for hydroxylation is 1. The highest BCUT2D eigenvalue weighted by Gasteiger charge is 2.31. The highest BCUT2D eigenvalue weighted by molar-refractivity contribution is 5.98. The number of halogens is 1. The number of hydrogen-bond donors (Lipinski definition) is 4. The van der Waals surface area contributed by atoms with E-state index < -0.39 is 18.0 Å². The molecule has 0 saturated carbocycles. The van der Waals surface area contributed by atoms with Crippen LogP contribution in [0.5, 0.6) is 0 Å². The Morgan fingerprint density at radius 2 is 2.14 bits per heavy atom. The SMILES string of the molecule is Cc1cc(/C(CN)=C2\CC/C=C/C3=C(COC(=O)C3O)C(=O)NC2)c(N)cc1F. The molecule has 7 nitrogen and oxygen atoms in total. The molecule has 154 valence electrons. The van der Waals surface area contributed by atoms with Crippen LogP contribution in [0.4, 0.5) is 10.1 Å². The number of nitrogens with one attached hydrogen (secondary N) is 1. The van der Waals surface area contributed by atoms with Gasteiger partial charge >= 0.3 is 5.97 Å². The number of benzene rings is 1. The molecule has 1 aromatic carbocycles. The molecule has 0 spiro atoms. The third-order valence-corrected chi connectivity index (χ3v) is 5.16. The van der Waals surface area contributed by atoms with Crippen LogP contribution in [-0.2, 0) is 14.3 Å². The molecule has 0 radical (unpaired) electrons. The summed E-state index contributed by atoms with van der Waals surface area (Å²) < 4.78 is 18.7. The number of cyclic esters (lactones) is 1. The van der Waals surface area contributed by atoms with Gasteiger partial charge in [-0.1, -0.05) is 12.2 Å². The minimum Gasteiger partial charge on any atom is -0.458 e. The number of aliphatic hydroxyl groups is 1. The molecule has 0 aromatic heterocycles. The average molecular weight is 401 g/mol. The first-order chi connectivity index (χ1) is 13.8. The van der Waals surface area contributed by atoms with Crippen molar-refractivity contribution in [1.29, 1.82) is 0 Å². The molecule has 29 heavy (non-hydrogen) atoms. The van der Waals surface area contributed by atoms with Gasteiger partial charge in [-0.2, -0.15) is 0 Å². The second-order valence-corrected chi connectivity index (χ2v) is 7.04. The molecule has 6 N–H and O–H groups in total. The van der Waals surface area contributed by atoms with Crippen molar-refractivity contribution in [3.8, 4) is 0 Å². The fourth-order valence-corrected chi connectivity index (χ4v) is 3.50. The lowest BCUT2D eigenvalue weighted by Gasteiger charge is -2.24. The van der Waals surface area contributed by atoms with E-state index in [-0.39, 0.29) is 42.3 Å². The summed E-state index contributed by atoms with van der Waals surface area (Å²) in [6.07, 6.45) is 3.07. The monoisotopic (exact) mass is 401 g/mol. The molecule has 1 amide bonds. The molecule has 2 aliphatic rings. The van der Waals surface area contributed by atoms with Gasteiger partial charge in [0, 0.05) is 29.9 Å². The predicted molar refractivity (Wildman–Crippen MR) is 107 cm³/mol. The highest BCUT2D eigenvalue weighted by atomic mass is 19.1. The van der Waals surface area contributed by atoms with Crippen molar-refractivity contribution in [1.82, 2.24) is 5.32 Å². The van der Waals surface area contributed by atoms with Gasteiger partial charge in [0.2, 0.25) is 0 Å². The number of carbonyl (C=O) groups excluding carboxylic acids is 2. The zero-order valence-electron chi connectivity index (χ0n) is 16.1. The number of aliphatic hydroxyl groups excluding tert-OH is 1. The van der Waals surface area contributed by atoms with Gasteiger partial charge in [0.15, 0.2) is 6.10 Å². The Morgan fingerprint density at radius 3 is 2.86 bits per heavy atom. The number of hydrogen-bond acceptors (Lipinski definition) is 6. The molecule has 1 atom stereocenters. The van der Waals surface area contributed by atoms with Crippen molar-refractivity contribution in [2.45, 2.75) is 25.9 Å². The third kappa shape index (κ3) is 4.23. The Bertz CT molecular complexity index is 949. The van der Waals surface area contributed by atoms with E-state index >= 15 is 0 Å². The van der Waals surface area contributed by atoms with Gasteiger partial charge in [0.25, 0.3) is 5.91 Å². The van der Waals surface area contributed by atoms with Gasteiger partial charge in [-0.25, -0.2) is 9.18 Å². The number of allylic oxidation sites excluding steroid dienone is 1. The zero-order chi connectivity index (χ0) is 21.1. The molecule has 1 aromatic rings. The van der Waals surface area contributed by atoms with E-state index in [1.807, 2.05) is 0 Å². The van der Waals surface area contributed by atoms with Crippen molar-refractivity contribution in [2.24, 2.45) is 5.73 Å². The van der Waals surface area contributed by atoms with E-state index in [4.69, 9.17) is 16.2 Å². The number of rotatable bonds is 2. The smallest absolute Gasteiger partial charge is 0.340 e. The van der Waals surface area contributed by atoms with Gasteiger partial charge in [-0.05, 0) is 48.6 Å². The standard InChI is InChI=1S/C21H24FN3O4/c1-11-6-14(18(24)7-17(11)22)15(8-23)12-4-2-3-5-13-16(20(27)25-9-12)10-29-21(28)19(13)26/h3,5-7,19,26H,2,4,8-10,23-24H2,1H3,(H,25,27)/b5-3+,15-12+. The number of nitrogen functional groups attached to an aromatic ring is 1. The number of amides is 1. The minimum absolute atomic E-state index is 0.175. The number of esters is 1. The second-order valence-electron chi connectivity index (χ2n) is 7.04. The summed E-state index contributed by atoms with van der Waals surface area (Å²) in [5.74, 6) is -1.60. The Labute approximate surface area is 167 Å². The molecule has 0 saturated heterocycles. The molecule has 0 fully saturated rings. The second kappa shape index (κ2) is 8.59. The van der Waals surface area contributed by atoms with Crippen LogP contribution in [0.15, 0.2) is 41.0 Å². The normalized spacial score (nSPS) is 23.1. The van der Waals surface area contributed by atoms with Crippen LogP contribution in [-0.4, -0.2) is 42.8 Å². The number of nitrogens with two attached hydrogens (primary N) is 2. The fraction of sp³-hybridized carbons (Fsp3) is 0.333. The molecule has 0 aliphatic carbocycles. The largest absolute Gasteiger partial charge is 0.458 e. The first-order valence-electron chi connectivity index (χ1n) is 9.33. The quantitative estimate of drug-likeness (QED) is 0.434. The van der Waals surface area contributed by atoms with Crippen LogP contribution in [0.2, 0.25) is 0 Å². The van der Waals surface area contributed by atoms with Crippen LogP contribution in [0.1, 0.15) is 24.0 Å². The summed E-state index contributed by atoms with van der Waals surface area (Å²) in [5.41, 5.74) is 15.5. The highest BCUT2D eigenvalue weighted by Crippen LogP contribution is 2.29. The summed E-state index contributed by atoms with van der Waals surface area (Å²) in [7, 11) is 0. The van der Waals surface area contributed by atoms with Gasteiger partial charge < -0.3 is 26.6 Å². The number of anilines is 1. The maximum absolute atomic E-state index is 13.8. The summed E-state index contributed by atoms with van der Waals surface area (Å²) in [6.45, 7) is 1.83. The third-order valence-electron chi connectivity index (χ3n) is 5.16. The summed E-state index contributed by atoms with van der Waals surface area (Å²) in [4.78, 5) is 24.2. The average Bonchev–Trinajstić information content (AvgIpc) is 2.69. The van der Waals surface area contributed by atoms with E-state index in [1.165, 1.54) is 6.07 Å². The van der Waals surface area contributed by atoms with Crippen LogP contribution in [0.3, 0.4) is 0 Å². The molecule has 8 heteroatoms. The van der Waals surface area contributed by atoms with Crippen molar-refractivity contribution < 1.29 is 23.8 Å². The summed E-state index contributed by atoms with van der Waals surface area (Å²) in [5, 5.41) is 12.8.